The van der Waals surface area contributed by atoms with Gasteiger partial charge in [-0.2, -0.15) is 0 Å². The maximum Gasteiger partial charge on any atom is 0.223 e. The summed E-state index contributed by atoms with van der Waals surface area (Å²) in [5, 5.41) is 3.69. The van der Waals surface area contributed by atoms with Crippen LogP contribution in [0.5, 0.6) is 5.75 Å². The number of piperidine rings is 1. The topological polar surface area (TPSA) is 75.7 Å². The van der Waals surface area contributed by atoms with E-state index in [2.05, 4.69) is 5.32 Å². The number of nitrogens with zero attached hydrogens (tertiary/aromatic N) is 1. The Morgan fingerprint density at radius 2 is 1.84 bits per heavy atom. The van der Waals surface area contributed by atoms with Gasteiger partial charge in [-0.15, -0.1) is 0 Å². The first-order valence-corrected chi connectivity index (χ1v) is 12.9. The van der Waals surface area contributed by atoms with Gasteiger partial charge in [0.2, 0.25) is 15.9 Å². The molecule has 0 radical (unpaired) electrons. The van der Waals surface area contributed by atoms with Crippen LogP contribution < -0.4 is 10.1 Å². The van der Waals surface area contributed by atoms with Gasteiger partial charge in [0.05, 0.1) is 12.3 Å². The summed E-state index contributed by atoms with van der Waals surface area (Å²) in [4.78, 5) is 12.5. The molecular formula is C23H28Cl2N2O4S. The third kappa shape index (κ3) is 6.61. The molecule has 0 atom stereocenters. The number of amides is 1. The molecule has 0 unspecified atom stereocenters. The summed E-state index contributed by atoms with van der Waals surface area (Å²) in [7, 11) is -3.53. The van der Waals surface area contributed by atoms with Crippen LogP contribution >= 0.6 is 23.2 Å². The van der Waals surface area contributed by atoms with Crippen molar-refractivity contribution in [2.75, 3.05) is 26.2 Å². The molecule has 32 heavy (non-hydrogen) atoms. The number of sulfonamides is 1. The number of hydrogen-bond donors (Lipinski definition) is 1. The van der Waals surface area contributed by atoms with Crippen LogP contribution in [0.3, 0.4) is 0 Å². The fraction of sp³-hybridized carbons (Fsp3) is 0.435. The van der Waals surface area contributed by atoms with E-state index in [0.717, 1.165) is 16.9 Å². The Bertz CT molecular complexity index is 1070. The molecule has 0 aliphatic carbocycles. The van der Waals surface area contributed by atoms with Crippen LogP contribution in [0.2, 0.25) is 10.0 Å². The van der Waals surface area contributed by atoms with E-state index in [9.17, 15) is 13.2 Å². The predicted molar refractivity (Wildman–Crippen MR) is 128 cm³/mol. The van der Waals surface area contributed by atoms with Crippen molar-refractivity contribution in [3.63, 3.8) is 0 Å². The zero-order chi connectivity index (χ0) is 23.3. The highest BCUT2D eigenvalue weighted by atomic mass is 35.5. The zero-order valence-electron chi connectivity index (χ0n) is 18.2. The Labute approximate surface area is 199 Å². The minimum absolute atomic E-state index is 0.0626. The van der Waals surface area contributed by atoms with Gasteiger partial charge in [-0.25, -0.2) is 12.7 Å². The van der Waals surface area contributed by atoms with Gasteiger partial charge in [-0.1, -0.05) is 41.4 Å². The predicted octanol–water partition coefficient (Wildman–Crippen LogP) is 4.35. The third-order valence-corrected chi connectivity index (χ3v) is 7.99. The van der Waals surface area contributed by atoms with E-state index in [1.165, 1.54) is 10.4 Å². The monoisotopic (exact) mass is 498 g/mol. The van der Waals surface area contributed by atoms with Gasteiger partial charge < -0.3 is 10.1 Å². The highest BCUT2D eigenvalue weighted by Gasteiger charge is 2.31. The highest BCUT2D eigenvalue weighted by Crippen LogP contribution is 2.26. The second-order valence-electron chi connectivity index (χ2n) is 8.07. The van der Waals surface area contributed by atoms with Crippen molar-refractivity contribution >= 4 is 39.1 Å². The SMILES string of the molecule is Cc1ccc(C)c(OCCNC(=O)C2CCN(S(=O)(=O)Cc3ccc(Cl)cc3Cl)CC2)c1. The Morgan fingerprint density at radius 3 is 2.53 bits per heavy atom. The van der Waals surface area contributed by atoms with E-state index < -0.39 is 10.0 Å². The zero-order valence-corrected chi connectivity index (χ0v) is 20.6. The second kappa shape index (κ2) is 10.9. The second-order valence-corrected chi connectivity index (χ2v) is 10.9. The van der Waals surface area contributed by atoms with Crippen LogP contribution in [0.1, 0.15) is 29.5 Å². The van der Waals surface area contributed by atoms with E-state index in [1.807, 2.05) is 32.0 Å². The largest absolute Gasteiger partial charge is 0.491 e. The molecule has 6 nitrogen and oxygen atoms in total. The first-order valence-electron chi connectivity index (χ1n) is 10.6. The number of hydrogen-bond acceptors (Lipinski definition) is 4. The minimum atomic E-state index is -3.53. The van der Waals surface area contributed by atoms with E-state index in [1.54, 1.807) is 12.1 Å². The summed E-state index contributed by atoms with van der Waals surface area (Å²) in [6.07, 6.45) is 0.967. The number of halogens is 2. The van der Waals surface area contributed by atoms with Gasteiger partial charge in [0.1, 0.15) is 12.4 Å². The van der Waals surface area contributed by atoms with Crippen LogP contribution in [-0.2, 0) is 20.6 Å². The van der Waals surface area contributed by atoms with E-state index in [0.29, 0.717) is 54.7 Å². The molecule has 0 aromatic heterocycles. The molecule has 1 aliphatic rings. The number of ether oxygens (including phenoxy) is 1. The summed E-state index contributed by atoms with van der Waals surface area (Å²) < 4.78 is 32.8. The average molecular weight is 499 g/mol. The molecule has 1 N–H and O–H groups in total. The molecule has 3 rings (SSSR count). The fourth-order valence-electron chi connectivity index (χ4n) is 3.67. The molecule has 174 valence electrons. The Balaban J connectivity index is 1.44. The van der Waals surface area contributed by atoms with Gasteiger partial charge in [0, 0.05) is 29.1 Å². The molecule has 1 aliphatic heterocycles. The van der Waals surface area contributed by atoms with Crippen molar-refractivity contribution < 1.29 is 17.9 Å². The van der Waals surface area contributed by atoms with Crippen LogP contribution in [0, 0.1) is 19.8 Å². The molecule has 1 amide bonds. The quantitative estimate of drug-likeness (QED) is 0.549. The maximum atomic E-state index is 12.8. The summed E-state index contributed by atoms with van der Waals surface area (Å²) in [6, 6.07) is 10.8. The smallest absolute Gasteiger partial charge is 0.223 e. The van der Waals surface area contributed by atoms with Crippen LogP contribution in [0.4, 0.5) is 0 Å². The van der Waals surface area contributed by atoms with Crippen molar-refractivity contribution in [2.45, 2.75) is 32.4 Å². The first kappa shape index (κ1) is 24.8. The van der Waals surface area contributed by atoms with Gasteiger partial charge in [-0.05, 0) is 61.6 Å². The number of benzene rings is 2. The normalized spacial score (nSPS) is 15.5. The van der Waals surface area contributed by atoms with Gasteiger partial charge in [0.15, 0.2) is 0 Å². The summed E-state index contributed by atoms with van der Waals surface area (Å²) in [5.74, 6) is 0.363. The van der Waals surface area contributed by atoms with Crippen molar-refractivity contribution in [1.29, 1.82) is 0 Å². The molecule has 1 saturated heterocycles. The molecule has 0 saturated carbocycles. The van der Waals surface area contributed by atoms with Crippen molar-refractivity contribution in [2.24, 2.45) is 5.92 Å². The molecule has 1 heterocycles. The number of rotatable bonds is 8. The van der Waals surface area contributed by atoms with Crippen LogP contribution in [0.25, 0.3) is 0 Å². The van der Waals surface area contributed by atoms with Gasteiger partial charge in [-0.3, -0.25) is 4.79 Å². The van der Waals surface area contributed by atoms with Crippen molar-refractivity contribution in [1.82, 2.24) is 9.62 Å². The van der Waals surface area contributed by atoms with E-state index >= 15 is 0 Å². The molecule has 0 spiro atoms. The van der Waals surface area contributed by atoms with Crippen LogP contribution in [0.15, 0.2) is 36.4 Å². The van der Waals surface area contributed by atoms with E-state index in [4.69, 9.17) is 27.9 Å². The lowest BCUT2D eigenvalue weighted by molar-refractivity contribution is -0.126. The molecule has 9 heteroatoms. The number of nitrogens with one attached hydrogen (secondary N) is 1. The third-order valence-electron chi connectivity index (χ3n) is 5.57. The lowest BCUT2D eigenvalue weighted by Gasteiger charge is -2.30. The lowest BCUT2D eigenvalue weighted by atomic mass is 9.97. The van der Waals surface area contributed by atoms with Crippen LogP contribution in [-0.4, -0.2) is 44.9 Å². The molecule has 1 fully saturated rings. The Hall–Kier alpha value is -1.80. The fourth-order valence-corrected chi connectivity index (χ4v) is 5.81. The molecule has 2 aromatic carbocycles. The molecule has 2 aromatic rings. The number of carbonyl (C=O) groups is 1. The molecular weight excluding hydrogens is 471 g/mol. The van der Waals surface area contributed by atoms with Gasteiger partial charge in [0.25, 0.3) is 0 Å². The first-order chi connectivity index (χ1) is 15.2. The maximum absolute atomic E-state index is 12.8. The van der Waals surface area contributed by atoms with Crippen molar-refractivity contribution in [3.05, 3.63) is 63.1 Å². The standard InChI is InChI=1S/C23H28Cl2N2O4S/c1-16-3-4-17(2)22(13-16)31-12-9-26-23(28)18-7-10-27(11-8-18)32(29,30)15-19-5-6-20(24)14-21(19)25/h3-6,13-14,18H,7-12,15H2,1-2H3,(H,26,28). The minimum Gasteiger partial charge on any atom is -0.491 e. The average Bonchev–Trinajstić information content (AvgIpc) is 2.75. The summed E-state index contributed by atoms with van der Waals surface area (Å²) in [5.41, 5.74) is 2.69. The van der Waals surface area contributed by atoms with Gasteiger partial charge >= 0.3 is 0 Å². The summed E-state index contributed by atoms with van der Waals surface area (Å²) >= 11 is 12.0. The number of aryl methyl sites for hydroxylation is 2. The Morgan fingerprint density at radius 1 is 1.12 bits per heavy atom. The Kier molecular flexibility index (Phi) is 8.44. The summed E-state index contributed by atoms with van der Waals surface area (Å²) in [6.45, 7) is 5.39. The number of carbonyl (C=O) groups excluding carboxylic acids is 1. The molecule has 0 bridgehead atoms. The van der Waals surface area contributed by atoms with E-state index in [-0.39, 0.29) is 17.6 Å². The highest BCUT2D eigenvalue weighted by molar-refractivity contribution is 7.88. The van der Waals surface area contributed by atoms with Crippen molar-refractivity contribution in [3.8, 4) is 5.75 Å². The lowest BCUT2D eigenvalue weighted by Crippen LogP contribution is -2.44.